The van der Waals surface area contributed by atoms with Gasteiger partial charge in [-0.2, -0.15) is 0 Å². The van der Waals surface area contributed by atoms with E-state index in [-0.39, 0.29) is 11.6 Å². The fourth-order valence-electron chi connectivity index (χ4n) is 2.31. The zero-order valence-electron chi connectivity index (χ0n) is 12.3. The third kappa shape index (κ3) is 4.05. The lowest BCUT2D eigenvalue weighted by molar-refractivity contribution is 0.0394. The lowest BCUT2D eigenvalue weighted by Crippen LogP contribution is -2.33. The van der Waals surface area contributed by atoms with Gasteiger partial charge in [-0.05, 0) is 39.8 Å². The number of anilines is 1. The molecule has 2 rings (SSSR count). The average molecular weight is 280 g/mol. The maximum absolute atomic E-state index is 12.1. The zero-order valence-corrected chi connectivity index (χ0v) is 12.3. The highest BCUT2D eigenvalue weighted by Crippen LogP contribution is 2.06. The summed E-state index contributed by atoms with van der Waals surface area (Å²) in [6.45, 7) is 7.21. The Balaban J connectivity index is 1.79. The summed E-state index contributed by atoms with van der Waals surface area (Å²) in [6, 6.07) is 0.136. The van der Waals surface area contributed by atoms with Crippen molar-refractivity contribution in [1.29, 1.82) is 0 Å². The minimum Gasteiger partial charge on any atom is -0.376 e. The molecular formula is C14H24N4O2. The second-order valence-corrected chi connectivity index (χ2v) is 5.33. The Kier molecular flexibility index (Phi) is 5.55. The van der Waals surface area contributed by atoms with Gasteiger partial charge in [0.25, 0.3) is 5.56 Å². The van der Waals surface area contributed by atoms with Gasteiger partial charge in [-0.1, -0.05) is 0 Å². The molecule has 1 fully saturated rings. The fourth-order valence-corrected chi connectivity index (χ4v) is 2.31. The van der Waals surface area contributed by atoms with E-state index in [1.807, 2.05) is 13.8 Å². The van der Waals surface area contributed by atoms with Gasteiger partial charge >= 0.3 is 0 Å². The van der Waals surface area contributed by atoms with Crippen molar-refractivity contribution in [2.24, 2.45) is 0 Å². The quantitative estimate of drug-likeness (QED) is 0.761. The topological polar surface area (TPSA) is 68.2 Å². The van der Waals surface area contributed by atoms with Gasteiger partial charge in [0.1, 0.15) is 0 Å². The maximum atomic E-state index is 12.1. The number of piperidine rings is 1. The lowest BCUT2D eigenvalue weighted by Gasteiger charge is -2.23. The molecule has 0 radical (unpaired) electrons. The molecule has 1 saturated heterocycles. The molecule has 0 amide bonds. The Hall–Kier alpha value is -1.40. The standard InChI is InChI=1S/C14H24N4O2/c1-11(2)18-9-7-16-13(14(18)19)17-8-10-20-12-3-5-15-6-4-12/h7,9,11-12,15H,3-6,8,10H2,1-2H3,(H,16,17). The number of ether oxygens (including phenoxy) is 1. The van der Waals surface area contributed by atoms with Crippen molar-refractivity contribution in [3.63, 3.8) is 0 Å². The van der Waals surface area contributed by atoms with Gasteiger partial charge in [0, 0.05) is 25.0 Å². The van der Waals surface area contributed by atoms with Crippen LogP contribution in [-0.2, 0) is 4.74 Å². The predicted octanol–water partition coefficient (Wildman–Crippen LogP) is 1.00. The summed E-state index contributed by atoms with van der Waals surface area (Å²) in [5.41, 5.74) is -0.0793. The molecule has 0 aliphatic carbocycles. The van der Waals surface area contributed by atoms with Crippen LogP contribution in [0.15, 0.2) is 17.2 Å². The van der Waals surface area contributed by atoms with Crippen LogP contribution in [0, 0.1) is 0 Å². The molecule has 1 aliphatic heterocycles. The molecule has 2 N–H and O–H groups in total. The van der Waals surface area contributed by atoms with Crippen LogP contribution in [0.5, 0.6) is 0 Å². The van der Waals surface area contributed by atoms with E-state index >= 15 is 0 Å². The smallest absolute Gasteiger partial charge is 0.293 e. The molecule has 0 saturated carbocycles. The number of nitrogens with one attached hydrogen (secondary N) is 2. The van der Waals surface area contributed by atoms with Crippen LogP contribution >= 0.6 is 0 Å². The summed E-state index contributed by atoms with van der Waals surface area (Å²) in [5, 5.41) is 6.37. The third-order valence-corrected chi connectivity index (χ3v) is 3.46. The van der Waals surface area contributed by atoms with Gasteiger partial charge in [0.05, 0.1) is 12.7 Å². The van der Waals surface area contributed by atoms with Crippen molar-refractivity contribution >= 4 is 5.82 Å². The lowest BCUT2D eigenvalue weighted by atomic mass is 10.1. The molecule has 0 bridgehead atoms. The van der Waals surface area contributed by atoms with Crippen LogP contribution in [0.1, 0.15) is 32.7 Å². The normalized spacial score (nSPS) is 16.6. The fraction of sp³-hybridized carbons (Fsp3) is 0.714. The average Bonchev–Trinajstić information content (AvgIpc) is 2.46. The van der Waals surface area contributed by atoms with Gasteiger partial charge in [-0.25, -0.2) is 4.98 Å². The molecule has 2 heterocycles. The molecule has 20 heavy (non-hydrogen) atoms. The minimum absolute atomic E-state index is 0.0793. The molecule has 0 atom stereocenters. The van der Waals surface area contributed by atoms with Crippen LogP contribution in [0.25, 0.3) is 0 Å². The van der Waals surface area contributed by atoms with E-state index in [1.54, 1.807) is 17.0 Å². The Morgan fingerprint density at radius 1 is 1.50 bits per heavy atom. The highest BCUT2D eigenvalue weighted by molar-refractivity contribution is 5.30. The van der Waals surface area contributed by atoms with Gasteiger partial charge in [-0.3, -0.25) is 4.79 Å². The molecule has 1 aromatic heterocycles. The number of hydrogen-bond acceptors (Lipinski definition) is 5. The van der Waals surface area contributed by atoms with E-state index in [0.29, 0.717) is 25.1 Å². The molecule has 6 heteroatoms. The molecular weight excluding hydrogens is 256 g/mol. The molecule has 0 aromatic carbocycles. The number of hydrogen-bond donors (Lipinski definition) is 2. The molecule has 1 aliphatic rings. The highest BCUT2D eigenvalue weighted by atomic mass is 16.5. The first-order valence-corrected chi connectivity index (χ1v) is 7.32. The van der Waals surface area contributed by atoms with E-state index in [1.165, 1.54) is 0 Å². The highest BCUT2D eigenvalue weighted by Gasteiger charge is 2.13. The summed E-state index contributed by atoms with van der Waals surface area (Å²) in [5.74, 6) is 0.398. The molecule has 0 spiro atoms. The zero-order chi connectivity index (χ0) is 14.4. The van der Waals surface area contributed by atoms with Crippen molar-refractivity contribution in [1.82, 2.24) is 14.9 Å². The second kappa shape index (κ2) is 7.40. The summed E-state index contributed by atoms with van der Waals surface area (Å²) in [7, 11) is 0. The van der Waals surface area contributed by atoms with Gasteiger partial charge in [0.2, 0.25) is 0 Å². The van der Waals surface area contributed by atoms with Crippen molar-refractivity contribution in [3.05, 3.63) is 22.7 Å². The largest absolute Gasteiger partial charge is 0.376 e. The summed E-state index contributed by atoms with van der Waals surface area (Å²) >= 11 is 0. The molecule has 112 valence electrons. The Labute approximate surface area is 119 Å². The molecule has 1 aromatic rings. The van der Waals surface area contributed by atoms with E-state index in [0.717, 1.165) is 25.9 Å². The number of aromatic nitrogens is 2. The molecule has 6 nitrogen and oxygen atoms in total. The third-order valence-electron chi connectivity index (χ3n) is 3.46. The van der Waals surface area contributed by atoms with E-state index in [4.69, 9.17) is 4.74 Å². The SMILES string of the molecule is CC(C)n1ccnc(NCCOC2CCNCC2)c1=O. The summed E-state index contributed by atoms with van der Waals surface area (Å²) in [6.07, 6.45) is 5.82. The predicted molar refractivity (Wildman–Crippen MR) is 79.2 cm³/mol. The summed E-state index contributed by atoms with van der Waals surface area (Å²) < 4.78 is 7.45. The Morgan fingerprint density at radius 2 is 2.25 bits per heavy atom. The number of nitrogens with zero attached hydrogens (tertiary/aromatic N) is 2. The van der Waals surface area contributed by atoms with Crippen LogP contribution in [0.3, 0.4) is 0 Å². The van der Waals surface area contributed by atoms with Crippen LogP contribution in [0.4, 0.5) is 5.82 Å². The van der Waals surface area contributed by atoms with Gasteiger partial charge in [0.15, 0.2) is 5.82 Å². The number of rotatable bonds is 6. The summed E-state index contributed by atoms with van der Waals surface area (Å²) in [4.78, 5) is 16.2. The molecule has 0 unspecified atom stereocenters. The van der Waals surface area contributed by atoms with Crippen molar-refractivity contribution < 1.29 is 4.74 Å². The Morgan fingerprint density at radius 3 is 2.95 bits per heavy atom. The van der Waals surface area contributed by atoms with Crippen molar-refractivity contribution in [2.75, 3.05) is 31.6 Å². The monoisotopic (exact) mass is 280 g/mol. The van der Waals surface area contributed by atoms with Gasteiger partial charge in [-0.15, -0.1) is 0 Å². The van der Waals surface area contributed by atoms with E-state index in [9.17, 15) is 4.79 Å². The maximum Gasteiger partial charge on any atom is 0.293 e. The first kappa shape index (κ1) is 15.0. The van der Waals surface area contributed by atoms with Gasteiger partial charge < -0.3 is 19.9 Å². The van der Waals surface area contributed by atoms with Crippen molar-refractivity contribution in [3.8, 4) is 0 Å². The van der Waals surface area contributed by atoms with Crippen LogP contribution in [0.2, 0.25) is 0 Å². The van der Waals surface area contributed by atoms with Crippen molar-refractivity contribution in [2.45, 2.75) is 38.8 Å². The Bertz CT molecular complexity index is 466. The van der Waals surface area contributed by atoms with Crippen LogP contribution in [-0.4, -0.2) is 41.9 Å². The second-order valence-electron chi connectivity index (χ2n) is 5.33. The van der Waals surface area contributed by atoms with E-state index in [2.05, 4.69) is 15.6 Å². The van der Waals surface area contributed by atoms with E-state index < -0.39 is 0 Å². The first-order valence-electron chi connectivity index (χ1n) is 7.32. The minimum atomic E-state index is -0.0793. The van der Waals surface area contributed by atoms with Crippen LogP contribution < -0.4 is 16.2 Å². The first-order chi connectivity index (χ1) is 9.68.